The van der Waals surface area contributed by atoms with Crippen LogP contribution in [0.2, 0.25) is 0 Å². The van der Waals surface area contributed by atoms with Crippen LogP contribution in [0.1, 0.15) is 68.6 Å². The van der Waals surface area contributed by atoms with Crippen LogP contribution in [0, 0.1) is 0 Å². The average Bonchev–Trinajstić information content (AvgIpc) is 2.53. The van der Waals surface area contributed by atoms with Crippen LogP contribution in [0.25, 0.3) is 0 Å². The molecule has 3 nitrogen and oxygen atoms in total. The van der Waals surface area contributed by atoms with Crippen LogP contribution in [-0.4, -0.2) is 18.2 Å². The van der Waals surface area contributed by atoms with Crippen LogP contribution in [0.15, 0.2) is 30.3 Å². The number of benzene rings is 1. The maximum absolute atomic E-state index is 11.8. The minimum atomic E-state index is -0.496. The van der Waals surface area contributed by atoms with Gasteiger partial charge in [0.05, 0.1) is 0 Å². The van der Waals surface area contributed by atoms with Gasteiger partial charge >= 0.3 is 0 Å². The Hall–Kier alpha value is -1.64. The maximum atomic E-state index is 11.8. The van der Waals surface area contributed by atoms with E-state index in [0.717, 1.165) is 12.8 Å². The van der Waals surface area contributed by atoms with E-state index in [9.17, 15) is 9.59 Å². The predicted molar refractivity (Wildman–Crippen MR) is 86.4 cm³/mol. The highest BCUT2D eigenvalue weighted by molar-refractivity contribution is 6.42. The van der Waals surface area contributed by atoms with Crippen molar-refractivity contribution in [2.24, 2.45) is 0 Å². The molecule has 0 aliphatic rings. The molecule has 21 heavy (non-hydrogen) atoms. The van der Waals surface area contributed by atoms with E-state index >= 15 is 0 Å². The standard InChI is InChI=1S/C18H27NO2/c1-2-3-4-5-6-7-8-12-15-19-18(21)17(20)16-13-10-9-11-14-16/h9-11,13-14H,2-8,12,15H2,1H3,(H,19,21). The number of rotatable bonds is 11. The highest BCUT2D eigenvalue weighted by atomic mass is 16.2. The van der Waals surface area contributed by atoms with Crippen LogP contribution in [0.5, 0.6) is 0 Å². The molecule has 0 saturated heterocycles. The van der Waals surface area contributed by atoms with Crippen molar-refractivity contribution in [2.75, 3.05) is 6.54 Å². The number of unbranched alkanes of at least 4 members (excludes halogenated alkanes) is 7. The maximum Gasteiger partial charge on any atom is 0.292 e. The number of hydrogen-bond donors (Lipinski definition) is 1. The van der Waals surface area contributed by atoms with Gasteiger partial charge in [0.2, 0.25) is 5.78 Å². The predicted octanol–water partition coefficient (Wildman–Crippen LogP) is 4.13. The summed E-state index contributed by atoms with van der Waals surface area (Å²) in [6.45, 7) is 2.81. The Kier molecular flexibility index (Phi) is 9.18. The van der Waals surface area contributed by atoms with E-state index in [4.69, 9.17) is 0 Å². The van der Waals surface area contributed by atoms with Crippen molar-refractivity contribution >= 4 is 11.7 Å². The number of nitrogens with one attached hydrogen (secondary N) is 1. The number of hydrogen-bond acceptors (Lipinski definition) is 2. The lowest BCUT2D eigenvalue weighted by atomic mass is 10.1. The molecule has 0 aromatic heterocycles. The molecule has 0 bridgehead atoms. The van der Waals surface area contributed by atoms with Crippen LogP contribution in [0.4, 0.5) is 0 Å². The van der Waals surface area contributed by atoms with Gasteiger partial charge in [0.15, 0.2) is 0 Å². The van der Waals surface area contributed by atoms with Crippen molar-refractivity contribution in [3.05, 3.63) is 35.9 Å². The first-order valence-electron chi connectivity index (χ1n) is 8.13. The van der Waals surface area contributed by atoms with Gasteiger partial charge in [-0.05, 0) is 6.42 Å². The normalized spacial score (nSPS) is 10.3. The third-order valence-corrected chi connectivity index (χ3v) is 3.56. The SMILES string of the molecule is CCCCCCCCCCNC(=O)C(=O)c1ccccc1. The molecule has 1 aromatic rings. The van der Waals surface area contributed by atoms with Crippen molar-refractivity contribution < 1.29 is 9.59 Å². The summed E-state index contributed by atoms with van der Waals surface area (Å²) < 4.78 is 0. The second-order valence-corrected chi connectivity index (χ2v) is 5.43. The molecule has 1 amide bonds. The summed E-state index contributed by atoms with van der Waals surface area (Å²) in [7, 11) is 0. The fourth-order valence-corrected chi connectivity index (χ4v) is 2.26. The van der Waals surface area contributed by atoms with Gasteiger partial charge < -0.3 is 5.32 Å². The largest absolute Gasteiger partial charge is 0.349 e. The van der Waals surface area contributed by atoms with Crippen molar-refractivity contribution in [3.63, 3.8) is 0 Å². The summed E-state index contributed by atoms with van der Waals surface area (Å²) in [6, 6.07) is 8.68. The Bertz CT molecular complexity index is 414. The molecule has 0 spiro atoms. The van der Waals surface area contributed by atoms with Crippen LogP contribution >= 0.6 is 0 Å². The van der Waals surface area contributed by atoms with Crippen molar-refractivity contribution in [2.45, 2.75) is 58.3 Å². The Balaban J connectivity index is 2.05. The van der Waals surface area contributed by atoms with Gasteiger partial charge in [0.25, 0.3) is 5.91 Å². The first kappa shape index (κ1) is 17.4. The lowest BCUT2D eigenvalue weighted by Crippen LogP contribution is -2.31. The highest BCUT2D eigenvalue weighted by Crippen LogP contribution is 2.08. The molecular weight excluding hydrogens is 262 g/mol. The summed E-state index contributed by atoms with van der Waals surface area (Å²) in [5.74, 6) is -0.945. The smallest absolute Gasteiger partial charge is 0.292 e. The summed E-state index contributed by atoms with van der Waals surface area (Å²) in [5.41, 5.74) is 0.450. The van der Waals surface area contributed by atoms with Gasteiger partial charge in [-0.2, -0.15) is 0 Å². The zero-order valence-corrected chi connectivity index (χ0v) is 13.1. The van der Waals surface area contributed by atoms with E-state index in [-0.39, 0.29) is 0 Å². The number of ketones is 1. The van der Waals surface area contributed by atoms with Gasteiger partial charge in [0.1, 0.15) is 0 Å². The topological polar surface area (TPSA) is 46.2 Å². The molecule has 0 fully saturated rings. The Morgan fingerprint density at radius 2 is 1.43 bits per heavy atom. The average molecular weight is 289 g/mol. The van der Waals surface area contributed by atoms with Gasteiger partial charge in [0, 0.05) is 12.1 Å². The molecule has 0 radical (unpaired) electrons. The van der Waals surface area contributed by atoms with Gasteiger partial charge in [-0.3, -0.25) is 9.59 Å². The molecule has 0 unspecified atom stereocenters. The minimum absolute atomic E-state index is 0.449. The Morgan fingerprint density at radius 1 is 0.857 bits per heavy atom. The van der Waals surface area contributed by atoms with E-state index in [0.29, 0.717) is 12.1 Å². The van der Waals surface area contributed by atoms with Crippen molar-refractivity contribution in [1.29, 1.82) is 0 Å². The van der Waals surface area contributed by atoms with E-state index in [1.54, 1.807) is 24.3 Å². The van der Waals surface area contributed by atoms with Crippen LogP contribution < -0.4 is 5.32 Å². The van der Waals surface area contributed by atoms with E-state index in [2.05, 4.69) is 12.2 Å². The summed E-state index contributed by atoms with van der Waals surface area (Å²) in [6.07, 6.45) is 9.81. The third kappa shape index (κ3) is 7.64. The zero-order chi connectivity index (χ0) is 15.3. The Morgan fingerprint density at radius 3 is 2.05 bits per heavy atom. The van der Waals surface area contributed by atoms with Crippen LogP contribution in [0.3, 0.4) is 0 Å². The number of Topliss-reactive ketones (excluding diaryl/α,β-unsaturated/α-hetero) is 1. The lowest BCUT2D eigenvalue weighted by Gasteiger charge is -2.05. The van der Waals surface area contributed by atoms with E-state index < -0.39 is 11.7 Å². The molecule has 0 atom stereocenters. The first-order valence-corrected chi connectivity index (χ1v) is 8.13. The fraction of sp³-hybridized carbons (Fsp3) is 0.556. The number of carbonyl (C=O) groups excluding carboxylic acids is 2. The van der Waals surface area contributed by atoms with Crippen LogP contribution in [-0.2, 0) is 4.79 Å². The van der Waals surface area contributed by atoms with E-state index in [1.165, 1.54) is 38.5 Å². The lowest BCUT2D eigenvalue weighted by molar-refractivity contribution is -0.117. The molecular formula is C18H27NO2. The second kappa shape index (κ2) is 11.1. The molecule has 0 heterocycles. The quantitative estimate of drug-likeness (QED) is 0.378. The molecule has 1 aromatic carbocycles. The van der Waals surface area contributed by atoms with Gasteiger partial charge in [-0.25, -0.2) is 0 Å². The summed E-state index contributed by atoms with van der Waals surface area (Å²) >= 11 is 0. The third-order valence-electron chi connectivity index (χ3n) is 3.56. The zero-order valence-electron chi connectivity index (χ0n) is 13.1. The first-order chi connectivity index (χ1) is 10.3. The molecule has 0 aliphatic carbocycles. The minimum Gasteiger partial charge on any atom is -0.349 e. The molecule has 116 valence electrons. The second-order valence-electron chi connectivity index (χ2n) is 5.43. The molecule has 0 saturated carbocycles. The highest BCUT2D eigenvalue weighted by Gasteiger charge is 2.14. The number of amides is 1. The number of carbonyl (C=O) groups is 2. The fourth-order valence-electron chi connectivity index (χ4n) is 2.26. The van der Waals surface area contributed by atoms with Crippen molar-refractivity contribution in [3.8, 4) is 0 Å². The summed E-state index contributed by atoms with van der Waals surface area (Å²) in [5, 5.41) is 2.70. The Labute approximate surface area is 128 Å². The summed E-state index contributed by atoms with van der Waals surface area (Å²) in [4.78, 5) is 23.5. The monoisotopic (exact) mass is 289 g/mol. The van der Waals surface area contributed by atoms with Crippen molar-refractivity contribution in [1.82, 2.24) is 5.32 Å². The molecule has 1 rings (SSSR count). The molecule has 0 aliphatic heterocycles. The van der Waals surface area contributed by atoms with Gasteiger partial charge in [-0.1, -0.05) is 82.2 Å². The van der Waals surface area contributed by atoms with Gasteiger partial charge in [-0.15, -0.1) is 0 Å². The van der Waals surface area contributed by atoms with E-state index in [1.807, 2.05) is 6.07 Å². The molecule has 1 N–H and O–H groups in total. The molecule has 3 heteroatoms.